The molecule has 0 aromatic heterocycles. The maximum Gasteiger partial charge on any atom is 0.313 e. The van der Waals surface area contributed by atoms with Crippen molar-refractivity contribution in [1.82, 2.24) is 0 Å². The molecule has 0 aliphatic rings. The van der Waals surface area contributed by atoms with E-state index in [0.29, 0.717) is 19.8 Å². The van der Waals surface area contributed by atoms with Gasteiger partial charge in [-0.25, -0.2) is 0 Å². The van der Waals surface area contributed by atoms with Crippen LogP contribution < -0.4 is 0 Å². The van der Waals surface area contributed by atoms with Gasteiger partial charge in [0.1, 0.15) is 36.6 Å². The van der Waals surface area contributed by atoms with Crippen molar-refractivity contribution in [1.29, 1.82) is 0 Å². The summed E-state index contributed by atoms with van der Waals surface area (Å²) < 4.78 is 13.5. The second-order valence-electron chi connectivity index (χ2n) is 5.05. The molecule has 10 heteroatoms. The number of carbonyl (C=O) groups is 6. The number of esters is 3. The number of hydrogen-bond donors (Lipinski definition) is 0. The Labute approximate surface area is 176 Å². The van der Waals surface area contributed by atoms with Crippen molar-refractivity contribution >= 4 is 35.3 Å². The van der Waals surface area contributed by atoms with E-state index >= 15 is 0 Å². The van der Waals surface area contributed by atoms with Gasteiger partial charge in [0.15, 0.2) is 0 Å². The molecular formula is C18H30FeO9. The van der Waals surface area contributed by atoms with E-state index in [9.17, 15) is 28.8 Å². The molecule has 0 saturated heterocycles. The van der Waals surface area contributed by atoms with Gasteiger partial charge in [-0.05, 0) is 41.5 Å². The molecule has 28 heavy (non-hydrogen) atoms. The Morgan fingerprint density at radius 3 is 0.786 bits per heavy atom. The van der Waals surface area contributed by atoms with Crippen LogP contribution in [-0.4, -0.2) is 55.1 Å². The first kappa shape index (κ1) is 33.5. The normalized spacial score (nSPS) is 8.36. The molecule has 9 nitrogen and oxygen atoms in total. The molecule has 0 saturated carbocycles. The standard InChI is InChI=1S/3C6H10O3.Fe/c3*1-3-9-6(8)4-5(2)7;/h3*3-4H2,1-2H3;. The first-order chi connectivity index (χ1) is 12.5. The average Bonchev–Trinajstić information content (AvgIpc) is 2.46. The molecule has 0 unspecified atom stereocenters. The van der Waals surface area contributed by atoms with E-state index in [0.717, 1.165) is 0 Å². The molecule has 0 atom stereocenters. The van der Waals surface area contributed by atoms with Crippen LogP contribution in [0.25, 0.3) is 0 Å². The fourth-order valence-corrected chi connectivity index (χ4v) is 1.25. The maximum atomic E-state index is 10.4. The predicted molar refractivity (Wildman–Crippen MR) is 95.8 cm³/mol. The zero-order valence-corrected chi connectivity index (χ0v) is 18.4. The Bertz CT molecular complexity index is 430. The number of ether oxygens (including phenoxy) is 3. The van der Waals surface area contributed by atoms with Crippen LogP contribution >= 0.6 is 0 Å². The molecule has 0 bridgehead atoms. The third-order valence-electron chi connectivity index (χ3n) is 2.10. The van der Waals surface area contributed by atoms with Crippen molar-refractivity contribution in [3.63, 3.8) is 0 Å². The van der Waals surface area contributed by atoms with Crippen LogP contribution in [0.3, 0.4) is 0 Å². The van der Waals surface area contributed by atoms with Crippen LogP contribution in [0.15, 0.2) is 0 Å². The van der Waals surface area contributed by atoms with Crippen LogP contribution in [0.2, 0.25) is 0 Å². The first-order valence-electron chi connectivity index (χ1n) is 8.45. The molecule has 0 fully saturated rings. The van der Waals surface area contributed by atoms with E-state index in [1.165, 1.54) is 20.8 Å². The number of Topliss-reactive ketones (excluding diaryl/α,β-unsaturated/α-hetero) is 3. The molecule has 0 radical (unpaired) electrons. The van der Waals surface area contributed by atoms with Gasteiger partial charge in [-0.1, -0.05) is 0 Å². The Morgan fingerprint density at radius 1 is 0.500 bits per heavy atom. The zero-order valence-electron chi connectivity index (χ0n) is 17.3. The number of carbonyl (C=O) groups excluding carboxylic acids is 6. The molecule has 0 aliphatic carbocycles. The summed E-state index contributed by atoms with van der Waals surface area (Å²) >= 11 is 0. The van der Waals surface area contributed by atoms with Gasteiger partial charge >= 0.3 is 17.9 Å². The van der Waals surface area contributed by atoms with Crippen molar-refractivity contribution in [2.45, 2.75) is 60.8 Å². The SMILES string of the molecule is CCOC(=O)CC(C)=O.CCOC(=O)CC(C)=O.CCOC(=O)CC(C)=O.[Fe]. The third-order valence-corrected chi connectivity index (χ3v) is 2.10. The van der Waals surface area contributed by atoms with Gasteiger partial charge in [-0.3, -0.25) is 28.8 Å². The largest absolute Gasteiger partial charge is 0.466 e. The minimum Gasteiger partial charge on any atom is -0.466 e. The van der Waals surface area contributed by atoms with Crippen molar-refractivity contribution in [3.8, 4) is 0 Å². The van der Waals surface area contributed by atoms with Crippen molar-refractivity contribution in [3.05, 3.63) is 0 Å². The summed E-state index contributed by atoms with van der Waals surface area (Å²) in [4.78, 5) is 61.9. The molecule has 0 N–H and O–H groups in total. The average molecular weight is 446 g/mol. The minimum atomic E-state index is -0.440. The predicted octanol–water partition coefficient (Wildman–Crippen LogP) is 1.58. The van der Waals surface area contributed by atoms with Gasteiger partial charge < -0.3 is 14.2 Å². The van der Waals surface area contributed by atoms with E-state index in [1.54, 1.807) is 20.8 Å². The topological polar surface area (TPSA) is 130 Å². The Kier molecular flexibility index (Phi) is 27.5. The van der Waals surface area contributed by atoms with E-state index in [1.807, 2.05) is 0 Å². The van der Waals surface area contributed by atoms with Crippen LogP contribution in [-0.2, 0) is 60.0 Å². The second-order valence-corrected chi connectivity index (χ2v) is 5.05. The Balaban J connectivity index is -0.000000152. The summed E-state index contributed by atoms with van der Waals surface area (Å²) in [5.41, 5.74) is 0. The molecule has 0 amide bonds. The van der Waals surface area contributed by atoms with E-state index in [-0.39, 0.29) is 53.7 Å². The molecule has 0 aromatic carbocycles. The molecule has 0 heterocycles. The number of rotatable bonds is 9. The third kappa shape index (κ3) is 35.1. The number of hydrogen-bond acceptors (Lipinski definition) is 9. The van der Waals surface area contributed by atoms with Gasteiger partial charge in [0, 0.05) is 17.1 Å². The first-order valence-corrected chi connectivity index (χ1v) is 8.45. The number of ketones is 3. The molecule has 0 spiro atoms. The second kappa shape index (κ2) is 23.0. The molecule has 0 aromatic rings. The van der Waals surface area contributed by atoms with Crippen molar-refractivity contribution < 1.29 is 60.0 Å². The van der Waals surface area contributed by atoms with Crippen LogP contribution in [0.1, 0.15) is 60.8 Å². The quantitative estimate of drug-likeness (QED) is 0.224. The van der Waals surface area contributed by atoms with Gasteiger partial charge in [-0.15, -0.1) is 0 Å². The molecule has 0 aliphatic heterocycles. The molecule has 164 valence electrons. The monoisotopic (exact) mass is 446 g/mol. The van der Waals surface area contributed by atoms with Crippen LogP contribution in [0.4, 0.5) is 0 Å². The smallest absolute Gasteiger partial charge is 0.313 e. The summed E-state index contributed by atoms with van der Waals surface area (Å²) in [6.07, 6.45) is -0.310. The van der Waals surface area contributed by atoms with E-state index in [2.05, 4.69) is 14.2 Å². The minimum absolute atomic E-state index is 0. The van der Waals surface area contributed by atoms with Crippen LogP contribution in [0, 0.1) is 0 Å². The van der Waals surface area contributed by atoms with Gasteiger partial charge in [0.05, 0.1) is 19.8 Å². The Morgan fingerprint density at radius 2 is 0.679 bits per heavy atom. The fourth-order valence-electron chi connectivity index (χ4n) is 1.25. The van der Waals surface area contributed by atoms with Crippen LogP contribution in [0.5, 0.6) is 0 Å². The van der Waals surface area contributed by atoms with Crippen molar-refractivity contribution in [2.75, 3.05) is 19.8 Å². The summed E-state index contributed by atoms with van der Waals surface area (Å²) in [5, 5.41) is 0. The zero-order chi connectivity index (χ0) is 21.8. The molecule has 0 rings (SSSR count). The summed E-state index contributed by atoms with van der Waals surface area (Å²) in [6, 6.07) is 0. The van der Waals surface area contributed by atoms with Gasteiger partial charge in [0.2, 0.25) is 0 Å². The summed E-state index contributed by atoms with van der Waals surface area (Å²) in [7, 11) is 0. The van der Waals surface area contributed by atoms with E-state index in [4.69, 9.17) is 0 Å². The van der Waals surface area contributed by atoms with Crippen molar-refractivity contribution in [2.24, 2.45) is 0 Å². The van der Waals surface area contributed by atoms with Gasteiger partial charge in [-0.2, -0.15) is 0 Å². The van der Waals surface area contributed by atoms with Gasteiger partial charge in [0.25, 0.3) is 0 Å². The van der Waals surface area contributed by atoms with E-state index < -0.39 is 17.9 Å². The summed E-state index contributed by atoms with van der Waals surface area (Å²) in [5.74, 6) is -1.80. The fraction of sp³-hybridized carbons (Fsp3) is 0.667. The Hall–Kier alpha value is -2.06. The maximum absolute atomic E-state index is 10.4. The summed E-state index contributed by atoms with van der Waals surface area (Å²) in [6.45, 7) is 10.2. The molecular weight excluding hydrogens is 416 g/mol.